The van der Waals surface area contributed by atoms with Gasteiger partial charge in [-0.3, -0.25) is 4.79 Å². The average molecular weight is 365 g/mol. The van der Waals surface area contributed by atoms with Crippen molar-refractivity contribution < 1.29 is 9.53 Å². The van der Waals surface area contributed by atoms with Crippen LogP contribution in [0.3, 0.4) is 0 Å². The Morgan fingerprint density at radius 2 is 1.89 bits per heavy atom. The van der Waals surface area contributed by atoms with Crippen molar-refractivity contribution in [1.29, 1.82) is 0 Å². The van der Waals surface area contributed by atoms with Crippen molar-refractivity contribution in [2.24, 2.45) is 0 Å². The van der Waals surface area contributed by atoms with Crippen molar-refractivity contribution in [1.82, 2.24) is 19.7 Å². The Bertz CT molecular complexity index is 905. The van der Waals surface area contributed by atoms with E-state index in [2.05, 4.69) is 20.0 Å². The van der Waals surface area contributed by atoms with Crippen LogP contribution in [0.1, 0.15) is 0 Å². The Hall–Kier alpha value is -3.46. The van der Waals surface area contributed by atoms with Gasteiger partial charge in [-0.25, -0.2) is 9.88 Å². The number of carbonyl (C=O) groups is 1. The second kappa shape index (κ2) is 7.42. The van der Waals surface area contributed by atoms with E-state index in [1.54, 1.807) is 18.3 Å². The molecule has 138 valence electrons. The van der Waals surface area contributed by atoms with Crippen LogP contribution in [0.15, 0.2) is 48.7 Å². The highest BCUT2D eigenvalue weighted by Crippen LogP contribution is 2.26. The molecule has 9 heteroatoms. The Balaban J connectivity index is 1.60. The van der Waals surface area contributed by atoms with Gasteiger partial charge in [-0.05, 0) is 36.4 Å². The van der Waals surface area contributed by atoms with Crippen LogP contribution in [0, 0.1) is 0 Å². The molecule has 0 saturated carbocycles. The normalized spacial score (nSPS) is 14.1. The highest BCUT2D eigenvalue weighted by atomic mass is 16.5. The number of hydrogen-bond donors (Lipinski definition) is 1. The lowest BCUT2D eigenvalue weighted by atomic mass is 10.2. The van der Waals surface area contributed by atoms with E-state index in [1.165, 1.54) is 9.58 Å². The summed E-state index contributed by atoms with van der Waals surface area (Å²) in [4.78, 5) is 23.7. The first-order chi connectivity index (χ1) is 13.3. The standard InChI is InChI=1S/C18H19N7O2/c19-17-21-18(22-25(17)16-3-1-2-8-20-16)24(13-26)15-6-4-14(5-7-15)23-9-11-27-12-10-23/h1-8,13H,9-12H2,(H2,19,21,22). The Labute approximate surface area is 156 Å². The van der Waals surface area contributed by atoms with Crippen molar-refractivity contribution in [2.45, 2.75) is 0 Å². The number of carbonyl (C=O) groups excluding carboxylic acids is 1. The molecule has 1 aromatic carbocycles. The van der Waals surface area contributed by atoms with Crippen molar-refractivity contribution in [3.05, 3.63) is 48.7 Å². The number of nitrogens with two attached hydrogens (primary N) is 1. The predicted octanol–water partition coefficient (Wildman–Crippen LogP) is 1.38. The number of hydrogen-bond acceptors (Lipinski definition) is 7. The largest absolute Gasteiger partial charge is 0.378 e. The molecule has 0 unspecified atom stereocenters. The maximum atomic E-state index is 11.7. The zero-order valence-electron chi connectivity index (χ0n) is 14.6. The van der Waals surface area contributed by atoms with Gasteiger partial charge in [0.15, 0.2) is 5.82 Å². The van der Waals surface area contributed by atoms with E-state index in [1.807, 2.05) is 30.3 Å². The highest BCUT2D eigenvalue weighted by molar-refractivity contribution is 5.84. The van der Waals surface area contributed by atoms with Gasteiger partial charge in [0.05, 0.1) is 18.9 Å². The molecule has 27 heavy (non-hydrogen) atoms. The van der Waals surface area contributed by atoms with Gasteiger partial charge in [0.25, 0.3) is 5.95 Å². The minimum absolute atomic E-state index is 0.153. The smallest absolute Gasteiger partial charge is 0.258 e. The molecule has 1 fully saturated rings. The number of anilines is 4. The third-order valence-corrected chi connectivity index (χ3v) is 4.31. The Morgan fingerprint density at radius 1 is 1.11 bits per heavy atom. The summed E-state index contributed by atoms with van der Waals surface area (Å²) in [6.07, 6.45) is 2.30. The zero-order chi connectivity index (χ0) is 18.6. The summed E-state index contributed by atoms with van der Waals surface area (Å²) in [5, 5.41) is 4.33. The van der Waals surface area contributed by atoms with Crippen LogP contribution in [0.2, 0.25) is 0 Å². The molecule has 3 aromatic rings. The Kier molecular flexibility index (Phi) is 4.67. The number of nitrogens with zero attached hydrogens (tertiary/aromatic N) is 6. The first kappa shape index (κ1) is 17.0. The first-order valence-corrected chi connectivity index (χ1v) is 8.57. The van der Waals surface area contributed by atoms with Gasteiger partial charge < -0.3 is 15.4 Å². The molecular weight excluding hydrogens is 346 g/mol. The molecule has 4 rings (SSSR count). The van der Waals surface area contributed by atoms with Crippen molar-refractivity contribution in [2.75, 3.05) is 41.8 Å². The fraction of sp³-hybridized carbons (Fsp3) is 0.222. The molecule has 1 aliphatic heterocycles. The van der Waals surface area contributed by atoms with E-state index >= 15 is 0 Å². The fourth-order valence-electron chi connectivity index (χ4n) is 2.93. The third kappa shape index (κ3) is 3.44. The van der Waals surface area contributed by atoms with Gasteiger partial charge in [0, 0.05) is 25.0 Å². The third-order valence-electron chi connectivity index (χ3n) is 4.31. The van der Waals surface area contributed by atoms with Crippen LogP contribution in [0.25, 0.3) is 5.82 Å². The number of aromatic nitrogens is 4. The van der Waals surface area contributed by atoms with E-state index in [9.17, 15) is 4.79 Å². The minimum Gasteiger partial charge on any atom is -0.378 e. The molecule has 0 aliphatic carbocycles. The molecule has 0 atom stereocenters. The molecular formula is C18H19N7O2. The quantitative estimate of drug-likeness (QED) is 0.681. The second-order valence-electron chi connectivity index (χ2n) is 5.96. The summed E-state index contributed by atoms with van der Waals surface area (Å²) >= 11 is 0. The number of pyridine rings is 1. The lowest BCUT2D eigenvalue weighted by molar-refractivity contribution is -0.106. The topological polar surface area (TPSA) is 102 Å². The van der Waals surface area contributed by atoms with Crippen LogP contribution in [0.5, 0.6) is 0 Å². The molecule has 3 heterocycles. The predicted molar refractivity (Wildman–Crippen MR) is 101 cm³/mol. The van der Waals surface area contributed by atoms with Crippen LogP contribution >= 0.6 is 0 Å². The van der Waals surface area contributed by atoms with E-state index in [-0.39, 0.29) is 11.9 Å². The van der Waals surface area contributed by atoms with Crippen LogP contribution in [-0.4, -0.2) is 52.5 Å². The van der Waals surface area contributed by atoms with Crippen molar-refractivity contribution in [3.63, 3.8) is 0 Å². The van der Waals surface area contributed by atoms with E-state index < -0.39 is 0 Å². The summed E-state index contributed by atoms with van der Waals surface area (Å²) in [6.45, 7) is 3.14. The summed E-state index contributed by atoms with van der Waals surface area (Å²) in [5.74, 6) is 0.870. The molecule has 1 saturated heterocycles. The summed E-state index contributed by atoms with van der Waals surface area (Å²) in [7, 11) is 0. The molecule has 2 N–H and O–H groups in total. The number of amides is 1. The highest BCUT2D eigenvalue weighted by Gasteiger charge is 2.18. The van der Waals surface area contributed by atoms with Crippen LogP contribution in [-0.2, 0) is 9.53 Å². The SMILES string of the molecule is Nc1nc(N(C=O)c2ccc(N3CCOCC3)cc2)nn1-c1ccccn1. The van der Waals surface area contributed by atoms with Gasteiger partial charge in [-0.1, -0.05) is 6.07 Å². The molecule has 9 nitrogen and oxygen atoms in total. The molecule has 0 bridgehead atoms. The van der Waals surface area contributed by atoms with Crippen molar-refractivity contribution >= 4 is 29.7 Å². The molecule has 0 spiro atoms. The number of rotatable bonds is 5. The fourth-order valence-corrected chi connectivity index (χ4v) is 2.93. The molecule has 2 aromatic heterocycles. The lowest BCUT2D eigenvalue weighted by Gasteiger charge is -2.29. The molecule has 1 amide bonds. The number of benzene rings is 1. The molecule has 1 aliphatic rings. The van der Waals surface area contributed by atoms with Gasteiger partial charge in [-0.15, -0.1) is 5.10 Å². The molecule has 0 radical (unpaired) electrons. The van der Waals surface area contributed by atoms with Crippen molar-refractivity contribution in [3.8, 4) is 5.82 Å². The van der Waals surface area contributed by atoms with Gasteiger partial charge in [-0.2, -0.15) is 9.67 Å². The van der Waals surface area contributed by atoms with E-state index in [4.69, 9.17) is 10.5 Å². The monoisotopic (exact) mass is 365 g/mol. The zero-order valence-corrected chi connectivity index (χ0v) is 14.6. The van der Waals surface area contributed by atoms with E-state index in [0.717, 1.165) is 32.0 Å². The van der Waals surface area contributed by atoms with E-state index in [0.29, 0.717) is 17.9 Å². The van der Waals surface area contributed by atoms with Gasteiger partial charge in [0.2, 0.25) is 12.4 Å². The van der Waals surface area contributed by atoms with Gasteiger partial charge >= 0.3 is 0 Å². The number of morpholine rings is 1. The number of nitrogen functional groups attached to an aromatic ring is 1. The van der Waals surface area contributed by atoms with Crippen LogP contribution in [0.4, 0.5) is 23.3 Å². The summed E-state index contributed by atoms with van der Waals surface area (Å²) < 4.78 is 6.77. The lowest BCUT2D eigenvalue weighted by Crippen LogP contribution is -2.36. The van der Waals surface area contributed by atoms with Gasteiger partial charge in [0.1, 0.15) is 0 Å². The summed E-state index contributed by atoms with van der Waals surface area (Å²) in [6, 6.07) is 13.0. The first-order valence-electron chi connectivity index (χ1n) is 8.57. The maximum Gasteiger partial charge on any atom is 0.258 e. The average Bonchev–Trinajstić information content (AvgIpc) is 3.12. The minimum atomic E-state index is 0.153. The second-order valence-corrected chi connectivity index (χ2v) is 5.96. The van der Waals surface area contributed by atoms with Crippen LogP contribution < -0.4 is 15.5 Å². The number of ether oxygens (including phenoxy) is 1. The summed E-state index contributed by atoms with van der Waals surface area (Å²) in [5.41, 5.74) is 7.69. The Morgan fingerprint density at radius 3 is 2.56 bits per heavy atom. The maximum absolute atomic E-state index is 11.7.